The smallest absolute Gasteiger partial charge is 0.328 e. The molecule has 1 rings (SSSR count). The first-order chi connectivity index (χ1) is 4.84. The Balaban J connectivity index is 2.86. The minimum Gasteiger partial charge on any atom is -0.361 e. The van der Waals surface area contributed by atoms with Crippen molar-refractivity contribution in [2.45, 2.75) is 0 Å². The van der Waals surface area contributed by atoms with Gasteiger partial charge in [0, 0.05) is 0 Å². The summed E-state index contributed by atoms with van der Waals surface area (Å²) in [5.41, 5.74) is 11.1. The maximum atomic E-state index is 10.8. The zero-order valence-corrected chi connectivity index (χ0v) is 5.11. The van der Waals surface area contributed by atoms with Gasteiger partial charge in [0.15, 0.2) is 0 Å². The summed E-state index contributed by atoms with van der Waals surface area (Å²) in [6.07, 6.45) is 5.76. The van der Waals surface area contributed by atoms with Gasteiger partial charge in [0.25, 0.3) is 5.78 Å². The number of carbonyl (C=O) groups excluding carboxylic acids is 1. The summed E-state index contributed by atoms with van der Waals surface area (Å²) in [6, 6.07) is 0. The lowest BCUT2D eigenvalue weighted by atomic mass is 10.2. The summed E-state index contributed by atoms with van der Waals surface area (Å²) in [6.45, 7) is 0. The average Bonchev–Trinajstić information content (AvgIpc) is 2.38. The van der Waals surface area contributed by atoms with Crippen LogP contribution in [0.5, 0.6) is 0 Å². The molecule has 0 bridgehead atoms. The van der Waals surface area contributed by atoms with Gasteiger partial charge in [0.2, 0.25) is 0 Å². The van der Waals surface area contributed by atoms with Crippen molar-refractivity contribution in [2.75, 3.05) is 0 Å². The van der Waals surface area contributed by atoms with Gasteiger partial charge in [-0.15, -0.1) is 5.73 Å². The van der Waals surface area contributed by atoms with Gasteiger partial charge in [-0.05, 0) is 12.2 Å². The van der Waals surface area contributed by atoms with Crippen molar-refractivity contribution in [3.05, 3.63) is 35.1 Å². The number of ketones is 1. The van der Waals surface area contributed by atoms with Crippen LogP contribution < -0.4 is 0 Å². The van der Waals surface area contributed by atoms with Crippen molar-refractivity contribution in [1.82, 2.24) is 0 Å². The lowest BCUT2D eigenvalue weighted by molar-refractivity contribution is -0.112. The van der Waals surface area contributed by atoms with E-state index in [2.05, 4.69) is 10.5 Å². The third-order valence-corrected chi connectivity index (χ3v) is 1.04. The molecule has 3 nitrogen and oxygen atoms in total. The third-order valence-electron chi connectivity index (χ3n) is 1.04. The predicted molar refractivity (Wildman–Crippen MR) is 35.4 cm³/mol. The Bertz CT molecular complexity index is 300. The summed E-state index contributed by atoms with van der Waals surface area (Å²) in [4.78, 5) is 13.4. The molecule has 0 amide bonds. The average molecular weight is 132 g/mol. The zero-order chi connectivity index (χ0) is 7.40. The number of carbonyl (C=O) groups is 1. The van der Waals surface area contributed by atoms with E-state index in [0.29, 0.717) is 5.57 Å². The molecular weight excluding hydrogens is 128 g/mol. The second-order valence-corrected chi connectivity index (χ2v) is 1.69. The van der Waals surface area contributed by atoms with Crippen LogP contribution in [0.3, 0.4) is 0 Å². The SMILES string of the molecule is [N-]=[N+]=CC(=O)C1=C=CC=C1. The molecule has 1 aliphatic carbocycles. The number of allylic oxidation sites excluding steroid dienone is 3. The molecular formula is C7H4N2O. The Hall–Kier alpha value is -1.69. The number of nitrogens with zero attached hydrogens (tertiary/aromatic N) is 2. The molecule has 0 atom stereocenters. The normalized spacial score (nSPS) is 12.6. The third kappa shape index (κ3) is 1.17. The number of hydrogen-bond acceptors (Lipinski definition) is 1. The van der Waals surface area contributed by atoms with Crippen molar-refractivity contribution < 1.29 is 9.58 Å². The molecule has 0 fully saturated rings. The van der Waals surface area contributed by atoms with Crippen LogP contribution in [0.2, 0.25) is 0 Å². The van der Waals surface area contributed by atoms with Crippen LogP contribution in [0.4, 0.5) is 0 Å². The van der Waals surface area contributed by atoms with E-state index in [4.69, 9.17) is 5.53 Å². The van der Waals surface area contributed by atoms with Crippen LogP contribution in [0.15, 0.2) is 29.5 Å². The molecule has 0 aromatic heterocycles. The first kappa shape index (κ1) is 6.43. The lowest BCUT2D eigenvalue weighted by Gasteiger charge is -1.79. The van der Waals surface area contributed by atoms with Gasteiger partial charge >= 0.3 is 6.21 Å². The quantitative estimate of drug-likeness (QED) is 0.234. The van der Waals surface area contributed by atoms with Crippen molar-refractivity contribution >= 4 is 12.0 Å². The molecule has 10 heavy (non-hydrogen) atoms. The van der Waals surface area contributed by atoms with Gasteiger partial charge in [-0.3, -0.25) is 4.79 Å². The van der Waals surface area contributed by atoms with Crippen molar-refractivity contribution in [2.24, 2.45) is 0 Å². The van der Waals surface area contributed by atoms with Gasteiger partial charge in [0.05, 0.1) is 5.57 Å². The molecule has 0 heterocycles. The monoisotopic (exact) mass is 132 g/mol. The number of rotatable bonds is 2. The highest BCUT2D eigenvalue weighted by atomic mass is 16.1. The molecule has 1 aliphatic rings. The van der Waals surface area contributed by atoms with Crippen LogP contribution >= 0.6 is 0 Å². The van der Waals surface area contributed by atoms with E-state index in [9.17, 15) is 4.79 Å². The van der Waals surface area contributed by atoms with Crippen LogP contribution in [-0.4, -0.2) is 16.8 Å². The molecule has 0 aromatic carbocycles. The highest BCUT2D eigenvalue weighted by Gasteiger charge is 2.07. The van der Waals surface area contributed by atoms with Crippen molar-refractivity contribution in [1.29, 1.82) is 0 Å². The summed E-state index contributed by atoms with van der Waals surface area (Å²) in [7, 11) is 0. The topological polar surface area (TPSA) is 53.5 Å². The first-order valence-corrected chi connectivity index (χ1v) is 2.70. The largest absolute Gasteiger partial charge is 0.361 e. The van der Waals surface area contributed by atoms with Gasteiger partial charge < -0.3 is 5.53 Å². The zero-order valence-electron chi connectivity index (χ0n) is 5.11. The number of Topliss-reactive ketones (excluding diaryl/α,β-unsaturated/α-hetero) is 1. The lowest BCUT2D eigenvalue weighted by Crippen LogP contribution is -2.00. The minimum absolute atomic E-state index is 0.340. The van der Waals surface area contributed by atoms with E-state index < -0.39 is 0 Å². The molecule has 0 saturated heterocycles. The van der Waals surface area contributed by atoms with E-state index >= 15 is 0 Å². The van der Waals surface area contributed by atoms with Crippen LogP contribution in [0.25, 0.3) is 5.53 Å². The molecule has 0 unspecified atom stereocenters. The fourth-order valence-electron chi connectivity index (χ4n) is 0.606. The van der Waals surface area contributed by atoms with Gasteiger partial charge in [-0.2, -0.15) is 4.79 Å². The van der Waals surface area contributed by atoms with Crippen LogP contribution in [-0.2, 0) is 4.79 Å². The Morgan fingerprint density at radius 3 is 3.10 bits per heavy atom. The highest BCUT2D eigenvalue weighted by molar-refractivity contribution is 6.34. The standard InChI is InChI=1S/C7H4N2O/c8-9-5-7(10)6-3-1-2-4-6/h1-3,5H. The summed E-state index contributed by atoms with van der Waals surface area (Å²) < 4.78 is 0. The molecule has 0 aliphatic heterocycles. The van der Waals surface area contributed by atoms with Crippen molar-refractivity contribution in [3.63, 3.8) is 0 Å². The van der Waals surface area contributed by atoms with E-state index in [1.54, 1.807) is 18.2 Å². The minimum atomic E-state index is -0.340. The molecule has 0 radical (unpaired) electrons. The summed E-state index contributed by atoms with van der Waals surface area (Å²) in [5.74, 6) is -0.340. The Morgan fingerprint density at radius 1 is 1.80 bits per heavy atom. The maximum absolute atomic E-state index is 10.8. The Morgan fingerprint density at radius 2 is 2.60 bits per heavy atom. The summed E-state index contributed by atoms with van der Waals surface area (Å²) >= 11 is 0. The fraction of sp³-hybridized carbons (Fsp3) is 0. The second kappa shape index (κ2) is 2.74. The molecule has 3 heteroatoms. The van der Waals surface area contributed by atoms with E-state index in [-0.39, 0.29) is 5.78 Å². The number of hydrogen-bond donors (Lipinski definition) is 0. The molecule has 0 N–H and O–H groups in total. The Kier molecular flexibility index (Phi) is 1.76. The fourth-order valence-corrected chi connectivity index (χ4v) is 0.606. The molecule has 48 valence electrons. The molecule has 0 spiro atoms. The van der Waals surface area contributed by atoms with Gasteiger partial charge in [0.1, 0.15) is 0 Å². The first-order valence-electron chi connectivity index (χ1n) is 2.70. The second-order valence-electron chi connectivity index (χ2n) is 1.69. The van der Waals surface area contributed by atoms with Crippen LogP contribution in [0.1, 0.15) is 0 Å². The van der Waals surface area contributed by atoms with Crippen molar-refractivity contribution in [3.8, 4) is 0 Å². The molecule has 0 aromatic rings. The van der Waals surface area contributed by atoms with E-state index in [0.717, 1.165) is 6.21 Å². The van der Waals surface area contributed by atoms with Gasteiger partial charge in [-0.1, -0.05) is 6.08 Å². The van der Waals surface area contributed by atoms with Crippen LogP contribution in [0, 0.1) is 0 Å². The predicted octanol–water partition coefficient (Wildman–Crippen LogP) is 0.507. The Labute approximate surface area is 57.6 Å². The molecule has 0 saturated carbocycles. The van der Waals surface area contributed by atoms with Gasteiger partial charge in [-0.25, -0.2) is 0 Å². The highest BCUT2D eigenvalue weighted by Crippen LogP contribution is 2.00. The maximum Gasteiger partial charge on any atom is 0.328 e. The summed E-state index contributed by atoms with van der Waals surface area (Å²) in [5, 5.41) is 0. The van der Waals surface area contributed by atoms with E-state index in [1.807, 2.05) is 0 Å². The van der Waals surface area contributed by atoms with E-state index in [1.165, 1.54) is 0 Å².